The van der Waals surface area contributed by atoms with E-state index < -0.39 is 0 Å². The summed E-state index contributed by atoms with van der Waals surface area (Å²) < 4.78 is 8.08. The Labute approximate surface area is 153 Å². The van der Waals surface area contributed by atoms with Gasteiger partial charge in [-0.3, -0.25) is 4.79 Å². The molecular weight excluding hydrogens is 326 g/mol. The molecule has 1 aromatic heterocycles. The Balaban J connectivity index is 1.51. The largest absolute Gasteiger partial charge is 0.494 e. The SMILES string of the molecule is CN1CC(c2nc3ccccc3n2CCCOc2ccccc2)CC1=O. The molecule has 1 aliphatic rings. The molecule has 1 amide bonds. The van der Waals surface area contributed by atoms with Crippen LogP contribution in [0.5, 0.6) is 5.75 Å². The van der Waals surface area contributed by atoms with Crippen LogP contribution in [0.25, 0.3) is 11.0 Å². The van der Waals surface area contributed by atoms with Crippen LogP contribution in [-0.2, 0) is 11.3 Å². The first kappa shape index (κ1) is 16.6. The third-order valence-electron chi connectivity index (χ3n) is 4.93. The molecule has 0 aliphatic carbocycles. The van der Waals surface area contributed by atoms with Gasteiger partial charge in [-0.25, -0.2) is 4.98 Å². The fourth-order valence-electron chi connectivity index (χ4n) is 3.61. The minimum atomic E-state index is 0.162. The highest BCUT2D eigenvalue weighted by atomic mass is 16.5. The van der Waals surface area contributed by atoms with Gasteiger partial charge >= 0.3 is 0 Å². The van der Waals surface area contributed by atoms with Gasteiger partial charge in [0.05, 0.1) is 17.6 Å². The van der Waals surface area contributed by atoms with Crippen molar-refractivity contribution in [3.05, 3.63) is 60.4 Å². The highest BCUT2D eigenvalue weighted by Gasteiger charge is 2.31. The van der Waals surface area contributed by atoms with Crippen molar-refractivity contribution >= 4 is 16.9 Å². The normalized spacial score (nSPS) is 17.2. The Bertz CT molecular complexity index is 904. The van der Waals surface area contributed by atoms with Gasteiger partial charge in [-0.1, -0.05) is 30.3 Å². The molecule has 0 saturated carbocycles. The van der Waals surface area contributed by atoms with E-state index in [0.29, 0.717) is 13.0 Å². The molecule has 4 rings (SSSR count). The van der Waals surface area contributed by atoms with Gasteiger partial charge in [-0.05, 0) is 30.7 Å². The second kappa shape index (κ2) is 7.20. The summed E-state index contributed by atoms with van der Waals surface area (Å²) in [4.78, 5) is 18.6. The number of rotatable bonds is 6. The lowest BCUT2D eigenvalue weighted by molar-refractivity contribution is -0.126. The maximum Gasteiger partial charge on any atom is 0.223 e. The molecule has 0 N–H and O–H groups in total. The Morgan fingerprint density at radius 1 is 1.12 bits per heavy atom. The monoisotopic (exact) mass is 349 g/mol. The van der Waals surface area contributed by atoms with Crippen molar-refractivity contribution in [2.45, 2.75) is 25.3 Å². The fraction of sp³-hybridized carbons (Fsp3) is 0.333. The van der Waals surface area contributed by atoms with E-state index in [-0.39, 0.29) is 11.8 Å². The van der Waals surface area contributed by atoms with Crippen LogP contribution >= 0.6 is 0 Å². The molecule has 26 heavy (non-hydrogen) atoms. The number of imidazole rings is 1. The lowest BCUT2D eigenvalue weighted by Gasteiger charge is -2.14. The van der Waals surface area contributed by atoms with E-state index in [2.05, 4.69) is 10.6 Å². The third kappa shape index (κ3) is 3.29. The first-order chi connectivity index (χ1) is 12.7. The molecule has 1 atom stereocenters. The van der Waals surface area contributed by atoms with E-state index in [1.807, 2.05) is 55.6 Å². The van der Waals surface area contributed by atoms with Crippen molar-refractivity contribution in [2.24, 2.45) is 0 Å². The average molecular weight is 349 g/mol. The molecule has 1 aliphatic heterocycles. The third-order valence-corrected chi connectivity index (χ3v) is 4.93. The zero-order chi connectivity index (χ0) is 17.9. The zero-order valence-corrected chi connectivity index (χ0v) is 15.0. The second-order valence-electron chi connectivity index (χ2n) is 6.80. The molecule has 2 heterocycles. The summed E-state index contributed by atoms with van der Waals surface area (Å²) in [6.07, 6.45) is 1.43. The first-order valence-corrected chi connectivity index (χ1v) is 9.09. The first-order valence-electron chi connectivity index (χ1n) is 9.09. The summed E-state index contributed by atoms with van der Waals surface area (Å²) in [5.41, 5.74) is 2.12. The topological polar surface area (TPSA) is 47.4 Å². The van der Waals surface area contributed by atoms with Gasteiger partial charge in [0.15, 0.2) is 0 Å². The van der Waals surface area contributed by atoms with Crippen molar-refractivity contribution in [3.63, 3.8) is 0 Å². The Morgan fingerprint density at radius 3 is 2.65 bits per heavy atom. The average Bonchev–Trinajstić information content (AvgIpc) is 3.20. The van der Waals surface area contributed by atoms with Crippen LogP contribution < -0.4 is 4.74 Å². The minimum absolute atomic E-state index is 0.162. The molecule has 1 saturated heterocycles. The number of aryl methyl sites for hydroxylation is 1. The van der Waals surface area contributed by atoms with Crippen LogP contribution in [0.3, 0.4) is 0 Å². The van der Waals surface area contributed by atoms with Gasteiger partial charge in [0.2, 0.25) is 5.91 Å². The number of hydrogen-bond acceptors (Lipinski definition) is 3. The highest BCUT2D eigenvalue weighted by molar-refractivity contribution is 5.80. The van der Waals surface area contributed by atoms with Gasteiger partial charge in [-0.15, -0.1) is 0 Å². The standard InChI is InChI=1S/C21H23N3O2/c1-23-15-16(14-20(23)25)21-22-18-10-5-6-11-19(18)24(21)12-7-13-26-17-8-3-2-4-9-17/h2-6,8-11,16H,7,12-15H2,1H3. The molecule has 0 radical (unpaired) electrons. The smallest absolute Gasteiger partial charge is 0.223 e. The quantitative estimate of drug-likeness (QED) is 0.641. The van der Waals surface area contributed by atoms with Crippen molar-refractivity contribution in [1.29, 1.82) is 0 Å². The van der Waals surface area contributed by atoms with Crippen LogP contribution in [0, 0.1) is 0 Å². The number of carbonyl (C=O) groups is 1. The Hall–Kier alpha value is -2.82. The van der Waals surface area contributed by atoms with Gasteiger partial charge in [-0.2, -0.15) is 0 Å². The second-order valence-corrected chi connectivity index (χ2v) is 6.80. The fourth-order valence-corrected chi connectivity index (χ4v) is 3.61. The van der Waals surface area contributed by atoms with E-state index >= 15 is 0 Å². The predicted octanol–water partition coefficient (Wildman–Crippen LogP) is 3.45. The van der Waals surface area contributed by atoms with Crippen LogP contribution in [0.15, 0.2) is 54.6 Å². The maximum absolute atomic E-state index is 12.0. The number of carbonyl (C=O) groups excluding carboxylic acids is 1. The van der Waals surface area contributed by atoms with Gasteiger partial charge in [0.1, 0.15) is 11.6 Å². The molecule has 134 valence electrons. The number of para-hydroxylation sites is 3. The number of fused-ring (bicyclic) bond motifs is 1. The number of hydrogen-bond donors (Lipinski definition) is 0. The molecule has 5 nitrogen and oxygen atoms in total. The number of amides is 1. The summed E-state index contributed by atoms with van der Waals surface area (Å²) in [5.74, 6) is 2.27. The van der Waals surface area contributed by atoms with Crippen LogP contribution in [0.2, 0.25) is 0 Å². The maximum atomic E-state index is 12.0. The van der Waals surface area contributed by atoms with Gasteiger partial charge < -0.3 is 14.2 Å². The summed E-state index contributed by atoms with van der Waals surface area (Å²) in [6, 6.07) is 18.1. The number of ether oxygens (including phenoxy) is 1. The molecule has 5 heteroatoms. The summed E-state index contributed by atoms with van der Waals surface area (Å²) in [7, 11) is 1.86. The minimum Gasteiger partial charge on any atom is -0.494 e. The van der Waals surface area contributed by atoms with Crippen molar-refractivity contribution in [2.75, 3.05) is 20.2 Å². The van der Waals surface area contributed by atoms with Crippen LogP contribution in [0.1, 0.15) is 24.6 Å². The lowest BCUT2D eigenvalue weighted by atomic mass is 10.1. The van der Waals surface area contributed by atoms with Crippen LogP contribution in [-0.4, -0.2) is 40.6 Å². The number of likely N-dealkylation sites (N-methyl/N-ethyl adjacent to an activating group) is 1. The Kier molecular flexibility index (Phi) is 4.61. The molecule has 3 aromatic rings. The predicted molar refractivity (Wildman–Crippen MR) is 101 cm³/mol. The number of aromatic nitrogens is 2. The van der Waals surface area contributed by atoms with Crippen LogP contribution in [0.4, 0.5) is 0 Å². The van der Waals surface area contributed by atoms with E-state index in [0.717, 1.165) is 42.1 Å². The van der Waals surface area contributed by atoms with Crippen molar-refractivity contribution < 1.29 is 9.53 Å². The van der Waals surface area contributed by atoms with E-state index in [4.69, 9.17) is 9.72 Å². The number of benzene rings is 2. The lowest BCUT2D eigenvalue weighted by Crippen LogP contribution is -2.19. The summed E-state index contributed by atoms with van der Waals surface area (Å²) in [5, 5.41) is 0. The van der Waals surface area contributed by atoms with Crippen molar-refractivity contribution in [3.8, 4) is 5.75 Å². The number of likely N-dealkylation sites (tertiary alicyclic amines) is 1. The summed E-state index contributed by atoms with van der Waals surface area (Å²) in [6.45, 7) is 2.22. The zero-order valence-electron chi connectivity index (χ0n) is 15.0. The van der Waals surface area contributed by atoms with Gasteiger partial charge in [0, 0.05) is 32.5 Å². The van der Waals surface area contributed by atoms with E-state index in [9.17, 15) is 4.79 Å². The van der Waals surface area contributed by atoms with Crippen molar-refractivity contribution in [1.82, 2.24) is 14.5 Å². The van der Waals surface area contributed by atoms with Gasteiger partial charge in [0.25, 0.3) is 0 Å². The number of nitrogens with zero attached hydrogens (tertiary/aromatic N) is 3. The molecule has 0 bridgehead atoms. The van der Waals surface area contributed by atoms with E-state index in [1.165, 1.54) is 0 Å². The molecule has 1 unspecified atom stereocenters. The molecular formula is C21H23N3O2. The summed E-state index contributed by atoms with van der Waals surface area (Å²) >= 11 is 0. The molecule has 0 spiro atoms. The Morgan fingerprint density at radius 2 is 1.88 bits per heavy atom. The van der Waals surface area contributed by atoms with E-state index in [1.54, 1.807) is 4.90 Å². The molecule has 1 fully saturated rings. The molecule has 2 aromatic carbocycles. The highest BCUT2D eigenvalue weighted by Crippen LogP contribution is 2.29.